The maximum Gasteiger partial charge on any atom is 0.352 e. The van der Waals surface area contributed by atoms with E-state index in [1.807, 2.05) is 0 Å². The van der Waals surface area contributed by atoms with Crippen molar-refractivity contribution in [1.82, 2.24) is 0 Å². The highest BCUT2D eigenvalue weighted by Gasteiger charge is 2.61. The number of phenols is 1. The van der Waals surface area contributed by atoms with Gasteiger partial charge < -0.3 is 15.5 Å². The first-order chi connectivity index (χ1) is 9.17. The Labute approximate surface area is 111 Å². The minimum Gasteiger partial charge on any atom is -0.506 e. The Balaban J connectivity index is 2.24. The lowest BCUT2D eigenvalue weighted by Crippen LogP contribution is -2.59. The third kappa shape index (κ3) is 2.20. The molecule has 1 saturated carbocycles. The average Bonchev–Trinajstić information content (AvgIpc) is 2.30. The summed E-state index contributed by atoms with van der Waals surface area (Å²) in [5.74, 6) is -9.64. The molecule has 1 fully saturated rings. The molecule has 1 aliphatic carbocycles. The number of carbonyl (C=O) groups is 1. The molecule has 0 atom stereocenters. The van der Waals surface area contributed by atoms with Crippen LogP contribution in [0.3, 0.4) is 0 Å². The van der Waals surface area contributed by atoms with Gasteiger partial charge in [-0.1, -0.05) is 0 Å². The van der Waals surface area contributed by atoms with Crippen LogP contribution >= 0.6 is 0 Å². The van der Waals surface area contributed by atoms with Gasteiger partial charge in [-0.25, -0.2) is 8.78 Å². The fourth-order valence-corrected chi connectivity index (χ4v) is 1.91. The molecule has 0 saturated heterocycles. The molecule has 20 heavy (non-hydrogen) atoms. The molecule has 0 radical (unpaired) electrons. The lowest BCUT2D eigenvalue weighted by atomic mass is 9.75. The Morgan fingerprint density at radius 2 is 1.90 bits per heavy atom. The average molecular weight is 293 g/mol. The number of rotatable bonds is 3. The summed E-state index contributed by atoms with van der Waals surface area (Å²) in [6.45, 7) is 0. The third-order valence-electron chi connectivity index (χ3n) is 3.32. The smallest absolute Gasteiger partial charge is 0.352 e. The standard InChI is InChI=1S/C12H11F4NO3/c13-6-4-7(14)9(8(18)5-6)17-10(19)12(15,16)11(20)2-1-3-11/h4-5,18,20H,1-3H2,(H,17,19). The van der Waals surface area contributed by atoms with E-state index < -0.39 is 40.5 Å². The Morgan fingerprint density at radius 3 is 2.35 bits per heavy atom. The number of aromatic hydroxyl groups is 1. The highest BCUT2D eigenvalue weighted by molar-refractivity contribution is 5.98. The lowest BCUT2D eigenvalue weighted by molar-refractivity contribution is -0.212. The number of carbonyl (C=O) groups excluding carboxylic acids is 1. The fraction of sp³-hybridized carbons (Fsp3) is 0.417. The van der Waals surface area contributed by atoms with E-state index in [0.29, 0.717) is 18.6 Å². The summed E-state index contributed by atoms with van der Waals surface area (Å²) in [7, 11) is 0. The highest BCUT2D eigenvalue weighted by atomic mass is 19.3. The number of aliphatic hydroxyl groups is 1. The second kappa shape index (κ2) is 4.62. The van der Waals surface area contributed by atoms with E-state index in [0.717, 1.165) is 0 Å². The first-order valence-corrected chi connectivity index (χ1v) is 5.77. The number of hydrogen-bond acceptors (Lipinski definition) is 3. The Kier molecular flexibility index (Phi) is 3.37. The van der Waals surface area contributed by atoms with Crippen molar-refractivity contribution < 1.29 is 32.6 Å². The van der Waals surface area contributed by atoms with Crippen molar-refractivity contribution in [1.29, 1.82) is 0 Å². The molecule has 1 amide bonds. The molecular weight excluding hydrogens is 282 g/mol. The van der Waals surface area contributed by atoms with Crippen molar-refractivity contribution in [2.24, 2.45) is 0 Å². The first kappa shape index (κ1) is 14.6. The molecule has 8 heteroatoms. The van der Waals surface area contributed by atoms with Crippen LogP contribution in [0.25, 0.3) is 0 Å². The van der Waals surface area contributed by atoms with Gasteiger partial charge in [-0.2, -0.15) is 8.78 Å². The molecule has 0 aliphatic heterocycles. The summed E-state index contributed by atoms with van der Waals surface area (Å²) in [5.41, 5.74) is -3.43. The SMILES string of the molecule is O=C(Nc1c(O)cc(F)cc1F)C(F)(F)C1(O)CCC1. The van der Waals surface area contributed by atoms with Crippen molar-refractivity contribution in [3.8, 4) is 5.75 Å². The van der Waals surface area contributed by atoms with Crippen molar-refractivity contribution >= 4 is 11.6 Å². The predicted molar refractivity (Wildman–Crippen MR) is 60.4 cm³/mol. The maximum absolute atomic E-state index is 13.7. The zero-order chi connectivity index (χ0) is 15.1. The summed E-state index contributed by atoms with van der Waals surface area (Å²) in [6.07, 6.45) is -0.174. The van der Waals surface area contributed by atoms with Gasteiger partial charge in [0.2, 0.25) is 0 Å². The van der Waals surface area contributed by atoms with E-state index in [9.17, 15) is 32.6 Å². The number of benzene rings is 1. The number of nitrogens with one attached hydrogen (secondary N) is 1. The van der Waals surface area contributed by atoms with Crippen LogP contribution in [0.5, 0.6) is 5.75 Å². The van der Waals surface area contributed by atoms with E-state index in [1.54, 1.807) is 0 Å². The van der Waals surface area contributed by atoms with Crippen molar-refractivity contribution in [3.63, 3.8) is 0 Å². The van der Waals surface area contributed by atoms with Crippen LogP contribution in [0, 0.1) is 11.6 Å². The summed E-state index contributed by atoms with van der Waals surface area (Å²) in [5, 5.41) is 20.3. The van der Waals surface area contributed by atoms with Gasteiger partial charge in [-0.05, 0) is 19.3 Å². The molecule has 0 heterocycles. The Morgan fingerprint density at radius 1 is 1.30 bits per heavy atom. The van der Waals surface area contributed by atoms with E-state index in [4.69, 9.17) is 0 Å². The zero-order valence-electron chi connectivity index (χ0n) is 10.1. The monoisotopic (exact) mass is 293 g/mol. The second-order valence-electron chi connectivity index (χ2n) is 4.70. The zero-order valence-corrected chi connectivity index (χ0v) is 10.1. The van der Waals surface area contributed by atoms with Gasteiger partial charge in [0.15, 0.2) is 5.82 Å². The molecule has 3 N–H and O–H groups in total. The van der Waals surface area contributed by atoms with E-state index >= 15 is 0 Å². The molecule has 0 bridgehead atoms. The molecule has 110 valence electrons. The van der Waals surface area contributed by atoms with Gasteiger partial charge in [0.05, 0.1) is 0 Å². The Bertz CT molecular complexity index is 535. The van der Waals surface area contributed by atoms with Crippen LogP contribution in [-0.4, -0.2) is 27.6 Å². The first-order valence-electron chi connectivity index (χ1n) is 5.77. The topological polar surface area (TPSA) is 69.6 Å². The molecule has 2 rings (SSSR count). The minimum atomic E-state index is -4.14. The maximum atomic E-state index is 13.7. The third-order valence-corrected chi connectivity index (χ3v) is 3.32. The van der Waals surface area contributed by atoms with Gasteiger partial charge in [0.1, 0.15) is 22.9 Å². The Hall–Kier alpha value is -1.83. The number of anilines is 1. The second-order valence-corrected chi connectivity index (χ2v) is 4.70. The summed E-state index contributed by atoms with van der Waals surface area (Å²) >= 11 is 0. The normalized spacial score (nSPS) is 17.4. The van der Waals surface area contributed by atoms with Crippen molar-refractivity contribution in [3.05, 3.63) is 23.8 Å². The summed E-state index contributed by atoms with van der Waals surface area (Å²) in [4.78, 5) is 11.5. The predicted octanol–water partition coefficient (Wildman–Crippen LogP) is 2.16. The summed E-state index contributed by atoms with van der Waals surface area (Å²) in [6, 6.07) is 0.792. The van der Waals surface area contributed by atoms with Crippen LogP contribution in [0.4, 0.5) is 23.2 Å². The van der Waals surface area contributed by atoms with Crippen LogP contribution < -0.4 is 5.32 Å². The van der Waals surface area contributed by atoms with Crippen LogP contribution in [0.1, 0.15) is 19.3 Å². The van der Waals surface area contributed by atoms with E-state index in [-0.39, 0.29) is 12.8 Å². The van der Waals surface area contributed by atoms with Gasteiger partial charge in [0.25, 0.3) is 5.91 Å². The number of halogens is 4. The molecule has 1 aliphatic rings. The molecule has 0 unspecified atom stereocenters. The number of amides is 1. The molecule has 0 aromatic heterocycles. The van der Waals surface area contributed by atoms with Gasteiger partial charge >= 0.3 is 5.92 Å². The highest BCUT2D eigenvalue weighted by Crippen LogP contribution is 2.45. The number of phenolic OH excluding ortho intramolecular Hbond substituents is 1. The van der Waals surface area contributed by atoms with Gasteiger partial charge in [-0.15, -0.1) is 0 Å². The van der Waals surface area contributed by atoms with Crippen LogP contribution in [0.15, 0.2) is 12.1 Å². The van der Waals surface area contributed by atoms with Gasteiger partial charge in [-0.3, -0.25) is 4.79 Å². The minimum absolute atomic E-state index is 0.259. The largest absolute Gasteiger partial charge is 0.506 e. The molecule has 1 aromatic rings. The lowest BCUT2D eigenvalue weighted by Gasteiger charge is -2.41. The number of alkyl halides is 2. The van der Waals surface area contributed by atoms with Crippen LogP contribution in [-0.2, 0) is 4.79 Å². The fourth-order valence-electron chi connectivity index (χ4n) is 1.91. The molecule has 1 aromatic carbocycles. The number of hydrogen-bond donors (Lipinski definition) is 3. The van der Waals surface area contributed by atoms with Gasteiger partial charge in [0, 0.05) is 12.1 Å². The summed E-state index contributed by atoms with van der Waals surface area (Å²) < 4.78 is 53.5. The quantitative estimate of drug-likeness (QED) is 0.591. The van der Waals surface area contributed by atoms with E-state index in [1.165, 1.54) is 5.32 Å². The molecular formula is C12H11F4NO3. The van der Waals surface area contributed by atoms with Crippen molar-refractivity contribution in [2.75, 3.05) is 5.32 Å². The molecule has 4 nitrogen and oxygen atoms in total. The van der Waals surface area contributed by atoms with E-state index in [2.05, 4.69) is 0 Å². The van der Waals surface area contributed by atoms with Crippen LogP contribution in [0.2, 0.25) is 0 Å². The van der Waals surface area contributed by atoms with Crippen molar-refractivity contribution in [2.45, 2.75) is 30.8 Å². The molecule has 0 spiro atoms.